The minimum atomic E-state index is -0.529. The number of benzene rings is 4. The Labute approximate surface area is 182 Å². The van der Waals surface area contributed by atoms with Crippen LogP contribution in [0.4, 0.5) is 20.2 Å². The van der Waals surface area contributed by atoms with Gasteiger partial charge in [-0.25, -0.2) is 8.78 Å². The molecule has 0 fully saturated rings. The Kier molecular flexibility index (Phi) is 5.60. The van der Waals surface area contributed by atoms with E-state index in [0.29, 0.717) is 16.9 Å². The Morgan fingerprint density at radius 1 is 0.548 bits per heavy atom. The maximum absolute atomic E-state index is 15.8. The third-order valence-electron chi connectivity index (χ3n) is 5.29. The lowest BCUT2D eigenvalue weighted by molar-refractivity contribution is 0.527. The Bertz CT molecular complexity index is 1180. The van der Waals surface area contributed by atoms with Crippen molar-refractivity contribution in [3.8, 4) is 22.3 Å². The van der Waals surface area contributed by atoms with Crippen LogP contribution >= 0.6 is 0 Å². The summed E-state index contributed by atoms with van der Waals surface area (Å²) in [4.78, 5) is 1.72. The molecule has 0 aliphatic carbocycles. The van der Waals surface area contributed by atoms with Gasteiger partial charge in [-0.05, 0) is 55.7 Å². The molecule has 31 heavy (non-hydrogen) atoms. The first-order chi connectivity index (χ1) is 14.9. The molecular weight excluding hydrogens is 388 g/mol. The number of hydrogen-bond donors (Lipinski definition) is 0. The minimum Gasteiger partial charge on any atom is -0.331 e. The van der Waals surface area contributed by atoms with E-state index in [0.717, 1.165) is 16.7 Å². The molecular formula is C28H25F2N. The van der Waals surface area contributed by atoms with Crippen LogP contribution in [0.1, 0.15) is 20.8 Å². The number of anilines is 2. The Morgan fingerprint density at radius 2 is 1.10 bits per heavy atom. The van der Waals surface area contributed by atoms with Crippen LogP contribution in [0.25, 0.3) is 22.3 Å². The second-order valence-electron chi connectivity index (χ2n) is 8.54. The average Bonchev–Trinajstić information content (AvgIpc) is 2.76. The van der Waals surface area contributed by atoms with Crippen molar-refractivity contribution >= 4 is 11.4 Å². The zero-order chi connectivity index (χ0) is 22.0. The molecule has 0 aliphatic heterocycles. The minimum absolute atomic E-state index is 0.349. The van der Waals surface area contributed by atoms with Crippen molar-refractivity contribution in [3.05, 3.63) is 109 Å². The van der Waals surface area contributed by atoms with Gasteiger partial charge in [-0.3, -0.25) is 0 Å². The molecule has 0 saturated carbocycles. The van der Waals surface area contributed by atoms with Gasteiger partial charge in [-0.2, -0.15) is 0 Å². The Morgan fingerprint density at radius 3 is 1.74 bits per heavy atom. The molecule has 0 aromatic heterocycles. The quantitative estimate of drug-likeness (QED) is 0.326. The number of para-hydroxylation sites is 1. The molecule has 4 aromatic rings. The largest absolute Gasteiger partial charge is 0.331 e. The van der Waals surface area contributed by atoms with Crippen molar-refractivity contribution < 1.29 is 8.78 Å². The number of nitrogens with zero attached hydrogens (tertiary/aromatic N) is 1. The molecule has 4 rings (SSSR count). The summed E-state index contributed by atoms with van der Waals surface area (Å²) in [6, 6.07) is 29.7. The molecule has 0 aliphatic rings. The van der Waals surface area contributed by atoms with E-state index < -0.39 is 5.54 Å². The van der Waals surface area contributed by atoms with Crippen LogP contribution in [0.2, 0.25) is 0 Å². The van der Waals surface area contributed by atoms with E-state index in [2.05, 4.69) is 0 Å². The topological polar surface area (TPSA) is 3.24 Å². The van der Waals surface area contributed by atoms with Crippen LogP contribution in [0.15, 0.2) is 97.1 Å². The number of hydrogen-bond acceptors (Lipinski definition) is 1. The molecule has 0 saturated heterocycles. The van der Waals surface area contributed by atoms with Gasteiger partial charge in [0, 0.05) is 11.1 Å². The summed E-state index contributed by atoms with van der Waals surface area (Å²) in [6.07, 6.45) is 0. The molecule has 1 nitrogen and oxygen atoms in total. The second-order valence-corrected chi connectivity index (χ2v) is 8.54. The van der Waals surface area contributed by atoms with Crippen LogP contribution in [0, 0.1) is 11.6 Å². The zero-order valence-electron chi connectivity index (χ0n) is 17.9. The summed E-state index contributed by atoms with van der Waals surface area (Å²) in [5, 5.41) is 0. The number of halogens is 2. The van der Waals surface area contributed by atoms with E-state index >= 15 is 4.39 Å². The van der Waals surface area contributed by atoms with E-state index in [9.17, 15) is 4.39 Å². The molecule has 0 heterocycles. The lowest BCUT2D eigenvalue weighted by atomic mass is 9.97. The van der Waals surface area contributed by atoms with Crippen molar-refractivity contribution in [1.82, 2.24) is 0 Å². The molecule has 0 unspecified atom stereocenters. The third-order valence-corrected chi connectivity index (χ3v) is 5.29. The molecule has 0 N–H and O–H groups in total. The summed E-state index contributed by atoms with van der Waals surface area (Å²) < 4.78 is 30.5. The van der Waals surface area contributed by atoms with Gasteiger partial charge in [0.1, 0.15) is 5.82 Å². The van der Waals surface area contributed by atoms with Gasteiger partial charge >= 0.3 is 0 Å². The highest BCUT2D eigenvalue weighted by Gasteiger charge is 2.28. The summed E-state index contributed by atoms with van der Waals surface area (Å²) in [7, 11) is 0. The molecule has 156 valence electrons. The summed E-state index contributed by atoms with van der Waals surface area (Å²) >= 11 is 0. The molecule has 4 aromatic carbocycles. The fourth-order valence-electron chi connectivity index (χ4n) is 3.87. The van der Waals surface area contributed by atoms with Crippen LogP contribution in [-0.4, -0.2) is 5.54 Å². The van der Waals surface area contributed by atoms with Gasteiger partial charge in [-0.1, -0.05) is 78.9 Å². The van der Waals surface area contributed by atoms with Gasteiger partial charge < -0.3 is 4.90 Å². The molecule has 3 heteroatoms. The highest BCUT2D eigenvalue weighted by molar-refractivity contribution is 5.76. The van der Waals surface area contributed by atoms with Crippen molar-refractivity contribution in [2.24, 2.45) is 0 Å². The fraction of sp³-hybridized carbons (Fsp3) is 0.143. The van der Waals surface area contributed by atoms with Crippen LogP contribution in [-0.2, 0) is 0 Å². The summed E-state index contributed by atoms with van der Waals surface area (Å²) in [5.74, 6) is -0.748. The monoisotopic (exact) mass is 413 g/mol. The first-order valence-electron chi connectivity index (χ1n) is 10.4. The smallest absolute Gasteiger partial charge is 0.154 e. The number of rotatable bonds is 4. The van der Waals surface area contributed by atoms with E-state index in [1.165, 1.54) is 6.07 Å². The van der Waals surface area contributed by atoms with Crippen molar-refractivity contribution in [1.29, 1.82) is 0 Å². The van der Waals surface area contributed by atoms with Crippen LogP contribution < -0.4 is 4.90 Å². The van der Waals surface area contributed by atoms with Gasteiger partial charge in [0.05, 0.1) is 11.4 Å². The highest BCUT2D eigenvalue weighted by atomic mass is 19.1. The van der Waals surface area contributed by atoms with Gasteiger partial charge in [0.2, 0.25) is 0 Å². The molecule has 0 amide bonds. The first kappa shape index (κ1) is 20.8. The van der Waals surface area contributed by atoms with Gasteiger partial charge in [0.15, 0.2) is 5.82 Å². The first-order valence-corrected chi connectivity index (χ1v) is 10.4. The van der Waals surface area contributed by atoms with Crippen LogP contribution in [0.5, 0.6) is 0 Å². The fourth-order valence-corrected chi connectivity index (χ4v) is 3.87. The molecule has 0 radical (unpaired) electrons. The third kappa shape index (κ3) is 4.22. The summed E-state index contributed by atoms with van der Waals surface area (Å²) in [5.41, 5.74) is 3.63. The molecule has 0 bridgehead atoms. The van der Waals surface area contributed by atoms with Gasteiger partial charge in [0.25, 0.3) is 0 Å². The predicted molar refractivity (Wildman–Crippen MR) is 126 cm³/mol. The maximum Gasteiger partial charge on any atom is 0.154 e. The van der Waals surface area contributed by atoms with E-state index in [1.54, 1.807) is 35.2 Å². The highest BCUT2D eigenvalue weighted by Crippen LogP contribution is 2.39. The van der Waals surface area contributed by atoms with Gasteiger partial charge in [-0.15, -0.1) is 0 Å². The van der Waals surface area contributed by atoms with Crippen molar-refractivity contribution in [2.75, 3.05) is 4.90 Å². The Balaban J connectivity index is 1.78. The predicted octanol–water partition coefficient (Wildman–Crippen LogP) is 8.24. The SMILES string of the molecule is CC(C)(C)N(c1ccccc1F)c1cccc(-c2ccc(-c3ccccc3)cc2)c1F. The van der Waals surface area contributed by atoms with E-state index in [1.807, 2.05) is 81.4 Å². The Hall–Kier alpha value is -3.46. The van der Waals surface area contributed by atoms with E-state index in [-0.39, 0.29) is 11.6 Å². The normalized spacial score (nSPS) is 11.4. The zero-order valence-corrected chi connectivity index (χ0v) is 17.9. The standard InChI is InChI=1S/C28H25F2N/c1-28(2,3)31(25-14-8-7-13-24(25)29)26-15-9-12-23(27(26)30)22-18-16-21(17-19-22)20-10-5-4-6-11-20/h4-19H,1-3H3. The van der Waals surface area contributed by atoms with Crippen molar-refractivity contribution in [2.45, 2.75) is 26.3 Å². The van der Waals surface area contributed by atoms with E-state index in [4.69, 9.17) is 0 Å². The lowest BCUT2D eigenvalue weighted by Gasteiger charge is -2.38. The molecule has 0 atom stereocenters. The average molecular weight is 414 g/mol. The lowest BCUT2D eigenvalue weighted by Crippen LogP contribution is -2.38. The summed E-state index contributed by atoms with van der Waals surface area (Å²) in [6.45, 7) is 5.83. The molecule has 0 spiro atoms. The van der Waals surface area contributed by atoms with Crippen LogP contribution in [0.3, 0.4) is 0 Å². The maximum atomic E-state index is 15.8. The van der Waals surface area contributed by atoms with Crippen molar-refractivity contribution in [3.63, 3.8) is 0 Å². The second kappa shape index (κ2) is 8.35.